The molecule has 0 fully saturated rings. The maximum atomic E-state index is 13.3. The highest BCUT2D eigenvalue weighted by Crippen LogP contribution is 2.22. The molecule has 1 aromatic carbocycles. The minimum absolute atomic E-state index is 0.0259. The van der Waals surface area contributed by atoms with E-state index < -0.39 is 0 Å². The van der Waals surface area contributed by atoms with E-state index in [2.05, 4.69) is 20.0 Å². The lowest BCUT2D eigenvalue weighted by Gasteiger charge is -2.14. The predicted molar refractivity (Wildman–Crippen MR) is 62.5 cm³/mol. The Morgan fingerprint density at radius 2 is 2.33 bits per heavy atom. The molecule has 2 rings (SSSR count). The SMILES string of the molecule is COc1cc(C(C)NCc2ncon2)ccc1F. The zero-order valence-corrected chi connectivity index (χ0v) is 10.2. The van der Waals surface area contributed by atoms with Crippen LogP contribution in [0.25, 0.3) is 0 Å². The highest BCUT2D eigenvalue weighted by atomic mass is 19.1. The van der Waals surface area contributed by atoms with Crippen LogP contribution in [0, 0.1) is 5.82 Å². The molecular weight excluding hydrogens is 237 g/mol. The quantitative estimate of drug-likeness (QED) is 0.881. The Morgan fingerprint density at radius 3 is 3.00 bits per heavy atom. The summed E-state index contributed by atoms with van der Waals surface area (Å²) < 4.78 is 22.8. The first-order valence-corrected chi connectivity index (χ1v) is 5.52. The number of methoxy groups -OCH3 is 1. The van der Waals surface area contributed by atoms with Crippen LogP contribution in [0.5, 0.6) is 5.75 Å². The zero-order chi connectivity index (χ0) is 13.0. The molecule has 1 atom stereocenters. The van der Waals surface area contributed by atoms with E-state index in [1.165, 1.54) is 19.6 Å². The molecule has 1 unspecified atom stereocenters. The molecule has 18 heavy (non-hydrogen) atoms. The largest absolute Gasteiger partial charge is 0.494 e. The average Bonchev–Trinajstić information content (AvgIpc) is 2.89. The number of rotatable bonds is 5. The van der Waals surface area contributed by atoms with Crippen LogP contribution in [0.1, 0.15) is 24.4 Å². The molecule has 0 bridgehead atoms. The van der Waals surface area contributed by atoms with Gasteiger partial charge >= 0.3 is 0 Å². The number of halogens is 1. The number of hydrogen-bond donors (Lipinski definition) is 1. The summed E-state index contributed by atoms with van der Waals surface area (Å²) in [6.07, 6.45) is 1.28. The van der Waals surface area contributed by atoms with Crippen molar-refractivity contribution in [2.45, 2.75) is 19.5 Å². The Kier molecular flexibility index (Phi) is 3.88. The molecule has 0 radical (unpaired) electrons. The summed E-state index contributed by atoms with van der Waals surface area (Å²) in [5.74, 6) is 0.447. The molecular formula is C12H14FN3O2. The summed E-state index contributed by atoms with van der Waals surface area (Å²) in [6.45, 7) is 2.45. The first kappa shape index (κ1) is 12.5. The van der Waals surface area contributed by atoms with Crippen molar-refractivity contribution < 1.29 is 13.7 Å². The van der Waals surface area contributed by atoms with Gasteiger partial charge in [-0.05, 0) is 24.6 Å². The summed E-state index contributed by atoms with van der Waals surface area (Å²) in [5, 5.41) is 6.91. The van der Waals surface area contributed by atoms with E-state index in [9.17, 15) is 4.39 Å². The van der Waals surface area contributed by atoms with Crippen LogP contribution in [-0.2, 0) is 6.54 Å². The van der Waals surface area contributed by atoms with Crippen molar-refractivity contribution >= 4 is 0 Å². The highest BCUT2D eigenvalue weighted by molar-refractivity contribution is 5.31. The highest BCUT2D eigenvalue weighted by Gasteiger charge is 2.10. The van der Waals surface area contributed by atoms with Crippen molar-refractivity contribution in [3.8, 4) is 5.75 Å². The zero-order valence-electron chi connectivity index (χ0n) is 10.2. The van der Waals surface area contributed by atoms with Gasteiger partial charge in [0, 0.05) is 6.04 Å². The second-order valence-electron chi connectivity index (χ2n) is 3.84. The average molecular weight is 251 g/mol. The van der Waals surface area contributed by atoms with Crippen LogP contribution >= 0.6 is 0 Å². The van der Waals surface area contributed by atoms with E-state index in [0.29, 0.717) is 12.4 Å². The van der Waals surface area contributed by atoms with Crippen LogP contribution in [0.15, 0.2) is 29.1 Å². The molecule has 0 saturated heterocycles. The molecule has 0 spiro atoms. The summed E-state index contributed by atoms with van der Waals surface area (Å²) in [7, 11) is 1.44. The number of hydrogen-bond acceptors (Lipinski definition) is 5. The third-order valence-electron chi connectivity index (χ3n) is 2.65. The molecule has 1 heterocycles. The van der Waals surface area contributed by atoms with Crippen LogP contribution in [0.4, 0.5) is 4.39 Å². The van der Waals surface area contributed by atoms with Crippen LogP contribution in [0.2, 0.25) is 0 Å². The molecule has 96 valence electrons. The van der Waals surface area contributed by atoms with Crippen molar-refractivity contribution in [1.82, 2.24) is 15.5 Å². The topological polar surface area (TPSA) is 60.2 Å². The molecule has 0 saturated carbocycles. The number of aromatic nitrogens is 2. The van der Waals surface area contributed by atoms with E-state index in [1.54, 1.807) is 12.1 Å². The van der Waals surface area contributed by atoms with Gasteiger partial charge in [0.05, 0.1) is 13.7 Å². The van der Waals surface area contributed by atoms with E-state index in [4.69, 9.17) is 4.74 Å². The molecule has 0 aliphatic carbocycles. The Bertz CT molecular complexity index is 502. The molecule has 6 heteroatoms. The van der Waals surface area contributed by atoms with Crippen molar-refractivity contribution in [3.05, 3.63) is 41.8 Å². The lowest BCUT2D eigenvalue weighted by molar-refractivity contribution is 0.384. The fourth-order valence-electron chi connectivity index (χ4n) is 1.58. The van der Waals surface area contributed by atoms with Gasteiger partial charge < -0.3 is 14.6 Å². The van der Waals surface area contributed by atoms with Crippen molar-refractivity contribution in [2.24, 2.45) is 0 Å². The lowest BCUT2D eigenvalue weighted by Crippen LogP contribution is -2.18. The van der Waals surface area contributed by atoms with Gasteiger partial charge in [-0.2, -0.15) is 4.98 Å². The van der Waals surface area contributed by atoms with Gasteiger partial charge in [-0.3, -0.25) is 0 Å². The Morgan fingerprint density at radius 1 is 1.50 bits per heavy atom. The standard InChI is InChI=1S/C12H14FN3O2/c1-8(14-6-12-15-7-18-16-12)9-3-4-10(13)11(5-9)17-2/h3-5,7-8,14H,6H2,1-2H3. The maximum absolute atomic E-state index is 13.3. The number of benzene rings is 1. The minimum atomic E-state index is -0.369. The fourth-order valence-corrected chi connectivity index (χ4v) is 1.58. The van der Waals surface area contributed by atoms with E-state index >= 15 is 0 Å². The Labute approximate surface area is 104 Å². The minimum Gasteiger partial charge on any atom is -0.494 e. The number of nitrogens with one attached hydrogen (secondary N) is 1. The molecule has 5 nitrogen and oxygen atoms in total. The third kappa shape index (κ3) is 2.84. The lowest BCUT2D eigenvalue weighted by atomic mass is 10.1. The summed E-state index contributed by atoms with van der Waals surface area (Å²) >= 11 is 0. The predicted octanol–water partition coefficient (Wildman–Crippen LogP) is 2.07. The molecule has 1 N–H and O–H groups in total. The van der Waals surface area contributed by atoms with Crippen molar-refractivity contribution in [2.75, 3.05) is 7.11 Å². The van der Waals surface area contributed by atoms with Gasteiger partial charge in [-0.25, -0.2) is 4.39 Å². The van der Waals surface area contributed by atoms with Crippen LogP contribution in [0.3, 0.4) is 0 Å². The van der Waals surface area contributed by atoms with Gasteiger partial charge in [-0.15, -0.1) is 0 Å². The van der Waals surface area contributed by atoms with Gasteiger partial charge in [0.25, 0.3) is 0 Å². The van der Waals surface area contributed by atoms with Crippen LogP contribution in [-0.4, -0.2) is 17.3 Å². The maximum Gasteiger partial charge on any atom is 0.213 e. The molecule has 0 amide bonds. The van der Waals surface area contributed by atoms with Gasteiger partial charge in [0.15, 0.2) is 17.4 Å². The molecule has 1 aromatic heterocycles. The smallest absolute Gasteiger partial charge is 0.213 e. The van der Waals surface area contributed by atoms with Crippen LogP contribution < -0.4 is 10.1 Å². The Balaban J connectivity index is 2.02. The molecule has 2 aromatic rings. The second kappa shape index (κ2) is 5.59. The first-order valence-electron chi connectivity index (χ1n) is 5.52. The number of ether oxygens (including phenoxy) is 1. The van der Waals surface area contributed by atoms with E-state index in [1.807, 2.05) is 6.92 Å². The monoisotopic (exact) mass is 251 g/mol. The summed E-state index contributed by atoms with van der Waals surface area (Å²) in [6, 6.07) is 4.80. The molecule has 0 aliphatic rings. The van der Waals surface area contributed by atoms with Gasteiger partial charge in [-0.1, -0.05) is 11.2 Å². The summed E-state index contributed by atoms with van der Waals surface area (Å²) in [4.78, 5) is 3.90. The third-order valence-corrected chi connectivity index (χ3v) is 2.65. The fraction of sp³-hybridized carbons (Fsp3) is 0.333. The Hall–Kier alpha value is -1.95. The van der Waals surface area contributed by atoms with Crippen molar-refractivity contribution in [3.63, 3.8) is 0 Å². The normalized spacial score (nSPS) is 12.4. The van der Waals surface area contributed by atoms with Gasteiger partial charge in [0.1, 0.15) is 0 Å². The number of nitrogens with zero attached hydrogens (tertiary/aromatic N) is 2. The van der Waals surface area contributed by atoms with Crippen molar-refractivity contribution in [1.29, 1.82) is 0 Å². The van der Waals surface area contributed by atoms with E-state index in [-0.39, 0.29) is 17.6 Å². The summed E-state index contributed by atoms with van der Waals surface area (Å²) in [5.41, 5.74) is 0.928. The first-order chi connectivity index (χ1) is 8.70. The van der Waals surface area contributed by atoms with E-state index in [0.717, 1.165) is 5.56 Å². The van der Waals surface area contributed by atoms with Gasteiger partial charge in [0.2, 0.25) is 6.39 Å². The molecule has 0 aliphatic heterocycles. The second-order valence-corrected chi connectivity index (χ2v) is 3.84.